The van der Waals surface area contributed by atoms with Gasteiger partial charge in [-0.2, -0.15) is 9.61 Å². The van der Waals surface area contributed by atoms with Crippen molar-refractivity contribution < 1.29 is 0 Å². The van der Waals surface area contributed by atoms with Gasteiger partial charge in [-0.15, -0.1) is 10.2 Å². The molecule has 5 heteroatoms. The van der Waals surface area contributed by atoms with Crippen molar-refractivity contribution in [2.24, 2.45) is 5.92 Å². The maximum Gasteiger partial charge on any atom is 0.177 e. The van der Waals surface area contributed by atoms with Crippen molar-refractivity contribution in [3.63, 3.8) is 0 Å². The Morgan fingerprint density at radius 2 is 2.33 bits per heavy atom. The van der Waals surface area contributed by atoms with Crippen LogP contribution >= 0.6 is 0 Å². The molecular formula is C13H19N5. The number of nitrogens with zero attached hydrogens (tertiary/aromatic N) is 4. The van der Waals surface area contributed by atoms with Crippen molar-refractivity contribution in [1.29, 1.82) is 0 Å². The van der Waals surface area contributed by atoms with Crippen molar-refractivity contribution in [3.05, 3.63) is 23.7 Å². The first-order chi connectivity index (χ1) is 8.83. The van der Waals surface area contributed by atoms with Crippen LogP contribution in [0.3, 0.4) is 0 Å². The van der Waals surface area contributed by atoms with Crippen molar-refractivity contribution in [2.75, 3.05) is 13.1 Å². The molecule has 1 saturated heterocycles. The topological polar surface area (TPSA) is 55.1 Å². The monoisotopic (exact) mass is 245 g/mol. The highest BCUT2D eigenvalue weighted by atomic mass is 15.4. The van der Waals surface area contributed by atoms with Crippen LogP contribution in [0.2, 0.25) is 0 Å². The summed E-state index contributed by atoms with van der Waals surface area (Å²) in [6, 6.07) is 3.94. The minimum absolute atomic E-state index is 0.774. The molecule has 1 aliphatic heterocycles. The van der Waals surface area contributed by atoms with E-state index in [1.165, 1.54) is 25.8 Å². The molecule has 5 nitrogen and oxygen atoms in total. The van der Waals surface area contributed by atoms with Gasteiger partial charge in [0.1, 0.15) is 0 Å². The molecule has 0 saturated carbocycles. The second-order valence-electron chi connectivity index (χ2n) is 5.11. The van der Waals surface area contributed by atoms with Gasteiger partial charge in [0.15, 0.2) is 11.5 Å². The fourth-order valence-corrected chi connectivity index (χ4v) is 2.58. The van der Waals surface area contributed by atoms with Crippen molar-refractivity contribution in [2.45, 2.75) is 32.6 Å². The maximum atomic E-state index is 4.48. The Labute approximate surface area is 107 Å². The van der Waals surface area contributed by atoms with Crippen LogP contribution in [0.5, 0.6) is 0 Å². The van der Waals surface area contributed by atoms with Crippen LogP contribution in [0.4, 0.5) is 0 Å². The number of aromatic nitrogens is 4. The van der Waals surface area contributed by atoms with E-state index in [0.717, 1.165) is 36.0 Å². The Morgan fingerprint density at radius 3 is 3.17 bits per heavy atom. The van der Waals surface area contributed by atoms with Crippen LogP contribution < -0.4 is 5.32 Å². The Hall–Kier alpha value is -1.49. The molecule has 2 aromatic heterocycles. The van der Waals surface area contributed by atoms with Crippen LogP contribution in [0.25, 0.3) is 5.65 Å². The number of aryl methyl sites for hydroxylation is 2. The first kappa shape index (κ1) is 11.6. The second-order valence-corrected chi connectivity index (χ2v) is 5.11. The van der Waals surface area contributed by atoms with Crippen molar-refractivity contribution >= 4 is 5.65 Å². The molecule has 0 aliphatic carbocycles. The van der Waals surface area contributed by atoms with Crippen LogP contribution in [-0.4, -0.2) is 32.9 Å². The molecule has 0 bridgehead atoms. The van der Waals surface area contributed by atoms with E-state index >= 15 is 0 Å². The average molecular weight is 245 g/mol. The van der Waals surface area contributed by atoms with Crippen molar-refractivity contribution in [1.82, 2.24) is 25.1 Å². The first-order valence-corrected chi connectivity index (χ1v) is 6.71. The zero-order chi connectivity index (χ0) is 12.4. The summed E-state index contributed by atoms with van der Waals surface area (Å²) in [6.07, 6.45) is 4.76. The lowest BCUT2D eigenvalue weighted by atomic mass is 9.95. The molecule has 3 rings (SSSR count). The number of piperidine rings is 1. The molecule has 1 fully saturated rings. The van der Waals surface area contributed by atoms with Gasteiger partial charge in [-0.3, -0.25) is 0 Å². The van der Waals surface area contributed by atoms with Gasteiger partial charge in [0.05, 0.1) is 5.69 Å². The third kappa shape index (κ3) is 2.36. The SMILES string of the molecule is Cc1ccc2nnc(CCC3CCCNC3)n2n1. The molecular weight excluding hydrogens is 226 g/mol. The van der Waals surface area contributed by atoms with Crippen LogP contribution in [0.15, 0.2) is 12.1 Å². The zero-order valence-corrected chi connectivity index (χ0v) is 10.8. The standard InChI is InChI=1S/C13H19N5/c1-10-4-6-12-15-16-13(18(12)17-10)7-5-11-3-2-8-14-9-11/h4,6,11,14H,2-3,5,7-9H2,1H3. The fraction of sp³-hybridized carbons (Fsp3) is 0.615. The summed E-state index contributed by atoms with van der Waals surface area (Å²) in [7, 11) is 0. The van der Waals surface area contributed by atoms with E-state index in [1.54, 1.807) is 0 Å². The van der Waals surface area contributed by atoms with Crippen molar-refractivity contribution in [3.8, 4) is 0 Å². The Balaban J connectivity index is 1.72. The molecule has 96 valence electrons. The highest BCUT2D eigenvalue weighted by molar-refractivity contribution is 5.35. The molecule has 2 aromatic rings. The van der Waals surface area contributed by atoms with E-state index < -0.39 is 0 Å². The van der Waals surface area contributed by atoms with E-state index in [1.807, 2.05) is 23.6 Å². The van der Waals surface area contributed by atoms with Gasteiger partial charge in [-0.05, 0) is 57.3 Å². The summed E-state index contributed by atoms with van der Waals surface area (Å²) in [5.41, 5.74) is 1.85. The zero-order valence-electron chi connectivity index (χ0n) is 10.8. The highest BCUT2D eigenvalue weighted by Gasteiger charge is 2.14. The smallest absolute Gasteiger partial charge is 0.177 e. The number of hydrogen-bond donors (Lipinski definition) is 1. The number of fused-ring (bicyclic) bond motifs is 1. The molecule has 0 amide bonds. The minimum atomic E-state index is 0.774. The van der Waals surface area contributed by atoms with Crippen LogP contribution in [0, 0.1) is 12.8 Å². The van der Waals surface area contributed by atoms with Gasteiger partial charge in [0.25, 0.3) is 0 Å². The van der Waals surface area contributed by atoms with Gasteiger partial charge in [-0.1, -0.05) is 0 Å². The normalized spacial score (nSPS) is 20.4. The lowest BCUT2D eigenvalue weighted by Crippen LogP contribution is -2.30. The van der Waals surface area contributed by atoms with Gasteiger partial charge in [0.2, 0.25) is 0 Å². The predicted octanol–water partition coefficient (Wildman–Crippen LogP) is 1.36. The van der Waals surface area contributed by atoms with Gasteiger partial charge in [0, 0.05) is 6.42 Å². The molecule has 18 heavy (non-hydrogen) atoms. The molecule has 1 unspecified atom stereocenters. The Bertz CT molecular complexity index is 527. The van der Waals surface area contributed by atoms with E-state index in [4.69, 9.17) is 0 Å². The summed E-state index contributed by atoms with van der Waals surface area (Å²) in [5, 5.41) is 16.3. The van der Waals surface area contributed by atoms with Gasteiger partial charge < -0.3 is 5.32 Å². The van der Waals surface area contributed by atoms with Gasteiger partial charge >= 0.3 is 0 Å². The fourth-order valence-electron chi connectivity index (χ4n) is 2.58. The number of rotatable bonds is 3. The lowest BCUT2D eigenvalue weighted by Gasteiger charge is -2.22. The van der Waals surface area contributed by atoms with E-state index in [9.17, 15) is 0 Å². The van der Waals surface area contributed by atoms with Crippen LogP contribution in [0.1, 0.15) is 30.8 Å². The Morgan fingerprint density at radius 1 is 1.39 bits per heavy atom. The maximum absolute atomic E-state index is 4.48. The molecule has 1 atom stereocenters. The van der Waals surface area contributed by atoms with Crippen LogP contribution in [-0.2, 0) is 6.42 Å². The summed E-state index contributed by atoms with van der Waals surface area (Å²) < 4.78 is 1.88. The third-order valence-corrected chi connectivity index (χ3v) is 3.64. The van der Waals surface area contributed by atoms with E-state index in [0.29, 0.717) is 0 Å². The summed E-state index contributed by atoms with van der Waals surface area (Å²) in [6.45, 7) is 4.31. The average Bonchev–Trinajstić information content (AvgIpc) is 2.80. The summed E-state index contributed by atoms with van der Waals surface area (Å²) >= 11 is 0. The van der Waals surface area contributed by atoms with E-state index in [2.05, 4.69) is 20.6 Å². The molecule has 0 aromatic carbocycles. The Kier molecular flexibility index (Phi) is 3.23. The lowest BCUT2D eigenvalue weighted by molar-refractivity contribution is 0.355. The quantitative estimate of drug-likeness (QED) is 0.887. The summed E-state index contributed by atoms with van der Waals surface area (Å²) in [5.74, 6) is 1.76. The molecule has 0 spiro atoms. The number of nitrogens with one attached hydrogen (secondary N) is 1. The molecule has 3 heterocycles. The molecule has 0 radical (unpaired) electrons. The highest BCUT2D eigenvalue weighted by Crippen LogP contribution is 2.16. The third-order valence-electron chi connectivity index (χ3n) is 3.64. The molecule has 1 N–H and O–H groups in total. The van der Waals surface area contributed by atoms with Gasteiger partial charge in [-0.25, -0.2) is 0 Å². The number of hydrogen-bond acceptors (Lipinski definition) is 4. The second kappa shape index (κ2) is 5.02. The largest absolute Gasteiger partial charge is 0.316 e. The molecule has 1 aliphatic rings. The minimum Gasteiger partial charge on any atom is -0.316 e. The first-order valence-electron chi connectivity index (χ1n) is 6.71. The predicted molar refractivity (Wildman–Crippen MR) is 69.4 cm³/mol. The van der Waals surface area contributed by atoms with E-state index in [-0.39, 0.29) is 0 Å². The summed E-state index contributed by atoms with van der Waals surface area (Å²) in [4.78, 5) is 0.